The number of nitrogens with one attached hydrogen (secondary N) is 2. The van der Waals surface area contributed by atoms with Crippen LogP contribution < -0.4 is 10.6 Å². The molecule has 1 saturated heterocycles. The van der Waals surface area contributed by atoms with E-state index in [1.807, 2.05) is 20.8 Å². The van der Waals surface area contributed by atoms with Crippen molar-refractivity contribution in [3.8, 4) is 0 Å². The Bertz CT molecular complexity index is 220. The van der Waals surface area contributed by atoms with Crippen LogP contribution in [0.3, 0.4) is 0 Å². The molecule has 0 amide bonds. The standard InChI is InChI=1S/C11H22N2O/c1-7-6-12-8(2)9(13-7)10(14)11(3,4)5/h7-9,12-13H,6H2,1-5H3. The molecule has 82 valence electrons. The minimum atomic E-state index is -0.259. The lowest BCUT2D eigenvalue weighted by atomic mass is 9.83. The molecule has 3 heteroatoms. The van der Waals surface area contributed by atoms with E-state index in [1.54, 1.807) is 0 Å². The minimum absolute atomic E-state index is 0.0428. The van der Waals surface area contributed by atoms with Crippen LogP contribution in [-0.4, -0.2) is 30.5 Å². The first-order valence-corrected chi connectivity index (χ1v) is 5.36. The number of ketones is 1. The summed E-state index contributed by atoms with van der Waals surface area (Å²) in [6, 6.07) is 0.569. The van der Waals surface area contributed by atoms with Crippen LogP contribution in [0.4, 0.5) is 0 Å². The number of Topliss-reactive ketones (excluding diaryl/α,β-unsaturated/α-hetero) is 1. The van der Waals surface area contributed by atoms with Crippen LogP contribution in [0.15, 0.2) is 0 Å². The summed E-state index contributed by atoms with van der Waals surface area (Å²) < 4.78 is 0. The first kappa shape index (κ1) is 11.7. The average molecular weight is 198 g/mol. The Kier molecular flexibility index (Phi) is 3.32. The maximum absolute atomic E-state index is 12.1. The van der Waals surface area contributed by atoms with E-state index in [9.17, 15) is 4.79 Å². The topological polar surface area (TPSA) is 41.1 Å². The second kappa shape index (κ2) is 3.99. The zero-order valence-electron chi connectivity index (χ0n) is 9.85. The second-order valence-corrected chi connectivity index (χ2v) is 5.36. The van der Waals surface area contributed by atoms with Crippen LogP contribution in [0.1, 0.15) is 34.6 Å². The molecule has 1 fully saturated rings. The number of hydrogen-bond acceptors (Lipinski definition) is 3. The van der Waals surface area contributed by atoms with Gasteiger partial charge in [-0.2, -0.15) is 0 Å². The Balaban J connectivity index is 2.70. The lowest BCUT2D eigenvalue weighted by Gasteiger charge is -2.37. The molecule has 0 aromatic carbocycles. The SMILES string of the molecule is CC1CNC(C)C(C(=O)C(C)(C)C)N1. The van der Waals surface area contributed by atoms with Crippen molar-refractivity contribution < 1.29 is 4.79 Å². The van der Waals surface area contributed by atoms with E-state index >= 15 is 0 Å². The molecule has 0 aromatic rings. The third-order valence-corrected chi connectivity index (χ3v) is 2.73. The zero-order chi connectivity index (χ0) is 10.9. The highest BCUT2D eigenvalue weighted by atomic mass is 16.1. The van der Waals surface area contributed by atoms with Gasteiger partial charge in [0.05, 0.1) is 6.04 Å². The van der Waals surface area contributed by atoms with Gasteiger partial charge in [-0.25, -0.2) is 0 Å². The van der Waals surface area contributed by atoms with E-state index in [1.165, 1.54) is 0 Å². The van der Waals surface area contributed by atoms with Crippen molar-refractivity contribution in [2.24, 2.45) is 5.41 Å². The van der Waals surface area contributed by atoms with Gasteiger partial charge in [-0.05, 0) is 13.8 Å². The highest BCUT2D eigenvalue weighted by Gasteiger charge is 2.35. The Morgan fingerprint density at radius 1 is 1.29 bits per heavy atom. The van der Waals surface area contributed by atoms with E-state index in [0.717, 1.165) is 6.54 Å². The molecule has 0 bridgehead atoms. The monoisotopic (exact) mass is 198 g/mol. The Labute approximate surface area is 86.6 Å². The van der Waals surface area contributed by atoms with Gasteiger partial charge in [0.25, 0.3) is 0 Å². The van der Waals surface area contributed by atoms with Crippen LogP contribution in [0.2, 0.25) is 0 Å². The van der Waals surface area contributed by atoms with Crippen LogP contribution >= 0.6 is 0 Å². The van der Waals surface area contributed by atoms with Crippen LogP contribution in [0.25, 0.3) is 0 Å². The number of piperazine rings is 1. The number of hydrogen-bond donors (Lipinski definition) is 2. The average Bonchev–Trinajstić information content (AvgIpc) is 2.06. The smallest absolute Gasteiger partial charge is 0.156 e. The van der Waals surface area contributed by atoms with E-state index in [2.05, 4.69) is 24.5 Å². The van der Waals surface area contributed by atoms with Crippen molar-refractivity contribution in [3.63, 3.8) is 0 Å². The molecule has 1 aliphatic rings. The molecule has 0 saturated carbocycles. The van der Waals surface area contributed by atoms with Gasteiger partial charge in [-0.15, -0.1) is 0 Å². The third-order valence-electron chi connectivity index (χ3n) is 2.73. The van der Waals surface area contributed by atoms with Gasteiger partial charge in [-0.1, -0.05) is 20.8 Å². The summed E-state index contributed by atoms with van der Waals surface area (Å²) in [5, 5.41) is 6.71. The van der Waals surface area contributed by atoms with Crippen LogP contribution in [-0.2, 0) is 4.79 Å². The fraction of sp³-hybridized carbons (Fsp3) is 0.909. The van der Waals surface area contributed by atoms with Gasteiger partial charge in [0.1, 0.15) is 0 Å². The second-order valence-electron chi connectivity index (χ2n) is 5.36. The van der Waals surface area contributed by atoms with Gasteiger partial charge < -0.3 is 10.6 Å². The first-order chi connectivity index (χ1) is 6.32. The molecule has 3 nitrogen and oxygen atoms in total. The van der Waals surface area contributed by atoms with Crippen LogP contribution in [0.5, 0.6) is 0 Å². The van der Waals surface area contributed by atoms with Crippen molar-refractivity contribution in [2.45, 2.75) is 52.7 Å². The van der Waals surface area contributed by atoms with E-state index in [4.69, 9.17) is 0 Å². The zero-order valence-corrected chi connectivity index (χ0v) is 9.85. The summed E-state index contributed by atoms with van der Waals surface area (Å²) in [4.78, 5) is 12.1. The van der Waals surface area contributed by atoms with Crippen molar-refractivity contribution in [1.29, 1.82) is 0 Å². The normalized spacial score (nSPS) is 34.2. The number of carbonyl (C=O) groups excluding carboxylic acids is 1. The molecule has 2 N–H and O–H groups in total. The molecular weight excluding hydrogens is 176 g/mol. The lowest BCUT2D eigenvalue weighted by molar-refractivity contribution is -0.129. The quantitative estimate of drug-likeness (QED) is 0.659. The molecule has 3 atom stereocenters. The van der Waals surface area contributed by atoms with Gasteiger partial charge in [0, 0.05) is 24.0 Å². The van der Waals surface area contributed by atoms with Gasteiger partial charge in [0.2, 0.25) is 0 Å². The maximum atomic E-state index is 12.1. The molecule has 0 aliphatic carbocycles. The van der Waals surface area contributed by atoms with Crippen molar-refractivity contribution in [2.75, 3.05) is 6.54 Å². The number of rotatable bonds is 1. The highest BCUT2D eigenvalue weighted by Crippen LogP contribution is 2.19. The van der Waals surface area contributed by atoms with Gasteiger partial charge >= 0.3 is 0 Å². The van der Waals surface area contributed by atoms with E-state index in [-0.39, 0.29) is 17.5 Å². The van der Waals surface area contributed by atoms with E-state index in [0.29, 0.717) is 11.8 Å². The Morgan fingerprint density at radius 2 is 1.86 bits per heavy atom. The summed E-state index contributed by atoms with van der Waals surface area (Å²) in [5.74, 6) is 0.295. The fourth-order valence-corrected chi connectivity index (χ4v) is 1.76. The maximum Gasteiger partial charge on any atom is 0.156 e. The summed E-state index contributed by atoms with van der Waals surface area (Å²) in [6.07, 6.45) is 0. The Morgan fingerprint density at radius 3 is 2.36 bits per heavy atom. The van der Waals surface area contributed by atoms with Crippen molar-refractivity contribution in [1.82, 2.24) is 10.6 Å². The molecule has 1 heterocycles. The summed E-state index contributed by atoms with van der Waals surface area (Å²) in [6.45, 7) is 11.0. The van der Waals surface area contributed by atoms with Crippen molar-refractivity contribution >= 4 is 5.78 Å². The molecule has 14 heavy (non-hydrogen) atoms. The first-order valence-electron chi connectivity index (χ1n) is 5.36. The molecule has 1 aliphatic heterocycles. The molecule has 3 unspecified atom stereocenters. The number of carbonyl (C=O) groups is 1. The predicted molar refractivity (Wildman–Crippen MR) is 58.3 cm³/mol. The van der Waals surface area contributed by atoms with E-state index < -0.39 is 0 Å². The molecular formula is C11H22N2O. The minimum Gasteiger partial charge on any atom is -0.311 e. The summed E-state index contributed by atoms with van der Waals surface area (Å²) in [5.41, 5.74) is -0.259. The predicted octanol–water partition coefficient (Wildman–Crippen LogP) is 0.940. The summed E-state index contributed by atoms with van der Waals surface area (Å²) >= 11 is 0. The molecule has 0 radical (unpaired) electrons. The molecule has 1 rings (SSSR count). The lowest BCUT2D eigenvalue weighted by Crippen LogP contribution is -2.63. The third kappa shape index (κ3) is 2.55. The summed E-state index contributed by atoms with van der Waals surface area (Å²) in [7, 11) is 0. The van der Waals surface area contributed by atoms with Gasteiger partial charge in [0.15, 0.2) is 5.78 Å². The van der Waals surface area contributed by atoms with Crippen LogP contribution in [0, 0.1) is 5.41 Å². The Hall–Kier alpha value is -0.410. The highest BCUT2D eigenvalue weighted by molar-refractivity contribution is 5.89. The molecule has 0 aromatic heterocycles. The largest absolute Gasteiger partial charge is 0.311 e. The fourth-order valence-electron chi connectivity index (χ4n) is 1.76. The van der Waals surface area contributed by atoms with Gasteiger partial charge in [-0.3, -0.25) is 4.79 Å². The van der Waals surface area contributed by atoms with Crippen molar-refractivity contribution in [3.05, 3.63) is 0 Å². The molecule has 0 spiro atoms.